The molecule has 0 nitrogen and oxygen atoms in total. The van der Waals surface area contributed by atoms with Crippen LogP contribution in [0.1, 0.15) is 0 Å². The molecule has 0 N–H and O–H groups in total. The third kappa shape index (κ3) is 24.1. The SMILES string of the molecule is [Ca].[Cu].[Fe].[Mg].[Se].[Zn]. The summed E-state index contributed by atoms with van der Waals surface area (Å²) in [6.45, 7) is 0. The van der Waals surface area contributed by atoms with Crippen molar-refractivity contribution < 1.29 is 53.6 Å². The maximum absolute atomic E-state index is 0. The van der Waals surface area contributed by atoms with Gasteiger partial charge in [-0.05, 0) is 0 Å². The number of rotatable bonds is 0. The maximum atomic E-state index is 0. The third-order valence-electron chi connectivity index (χ3n) is 0. The molecule has 0 bridgehead atoms. The molecule has 31 valence electrons. The van der Waals surface area contributed by atoms with Crippen molar-refractivity contribution in [2.24, 2.45) is 0 Å². The van der Waals surface area contributed by atoms with E-state index in [2.05, 4.69) is 0 Å². The molecule has 0 aromatic heterocycles. The van der Waals surface area contributed by atoms with Gasteiger partial charge in [0.05, 0.1) is 0 Å². The summed E-state index contributed by atoms with van der Waals surface area (Å²) in [5.74, 6) is 0. The van der Waals surface area contributed by atoms with E-state index in [1.807, 2.05) is 0 Å². The molecule has 0 aromatic carbocycles. The van der Waals surface area contributed by atoms with Crippen molar-refractivity contribution in [3.05, 3.63) is 0 Å². The molecule has 6 heavy (non-hydrogen) atoms. The average Bonchev–Trinajstić information content (AvgIpc) is 0. The van der Waals surface area contributed by atoms with Crippen molar-refractivity contribution in [1.82, 2.24) is 0 Å². The second-order valence-corrected chi connectivity index (χ2v) is 0. The first kappa shape index (κ1) is 48.9. The standard InChI is InChI=1S/Ca.Cu.Fe.Mg.Se.Zn. The predicted molar refractivity (Wildman–Crippen MR) is 17.3 cm³/mol. The quantitative estimate of drug-likeness (QED) is 0.493. The van der Waals surface area contributed by atoms with Crippen LogP contribution in [0.5, 0.6) is 0 Å². The Bertz CT molecular complexity index is 15.5. The summed E-state index contributed by atoms with van der Waals surface area (Å²) in [5, 5.41) is 0. The van der Waals surface area contributed by atoms with Crippen LogP contribution in [0.3, 0.4) is 0 Å². The van der Waals surface area contributed by atoms with Crippen LogP contribution in [0.4, 0.5) is 0 Å². The summed E-state index contributed by atoms with van der Waals surface area (Å²) in [7, 11) is 0. The zero-order valence-corrected chi connectivity index (χ0v) is 13.5. The van der Waals surface area contributed by atoms with Crippen molar-refractivity contribution in [3.63, 3.8) is 0 Å². The van der Waals surface area contributed by atoms with E-state index in [1.165, 1.54) is 0 Å². The Hall–Kier alpha value is 4.21. The molecule has 0 amide bonds. The smallest absolute Gasteiger partial charge is 0 e. The summed E-state index contributed by atoms with van der Waals surface area (Å²) >= 11 is 0. The molecule has 0 atom stereocenters. The van der Waals surface area contributed by atoms with Crippen LogP contribution >= 0.6 is 0 Å². The maximum Gasteiger partial charge on any atom is 0 e. The topological polar surface area (TPSA) is 0 Å². The van der Waals surface area contributed by atoms with Gasteiger partial charge in [-0.3, -0.25) is 0 Å². The van der Waals surface area contributed by atoms with Crippen LogP contribution in [-0.4, -0.2) is 77.9 Å². The normalized spacial score (nSPS) is 0. The zero-order valence-electron chi connectivity index (χ0n) is 3.18. The van der Waals surface area contributed by atoms with Crippen LogP contribution in [0, 0.1) is 0 Å². The first-order chi connectivity index (χ1) is 0. The predicted octanol–water partition coefficient (Wildman–Crippen LogP) is -1.15. The molecule has 0 aliphatic heterocycles. The van der Waals surface area contributed by atoms with E-state index >= 15 is 0 Å². The molecule has 0 fully saturated rings. The molecule has 0 unspecified atom stereocenters. The van der Waals surface area contributed by atoms with Gasteiger partial charge in [-0.2, -0.15) is 0 Å². The Labute approximate surface area is 128 Å². The van der Waals surface area contributed by atoms with Gasteiger partial charge in [-0.25, -0.2) is 0 Å². The monoisotopic (exact) mass is 327 g/mol. The molecule has 0 aromatic rings. The largest absolute Gasteiger partial charge is 0 e. The van der Waals surface area contributed by atoms with E-state index in [1.54, 1.807) is 0 Å². The van der Waals surface area contributed by atoms with Crippen LogP contribution in [0.15, 0.2) is 0 Å². The van der Waals surface area contributed by atoms with Crippen molar-refractivity contribution >= 4 is 77.9 Å². The Kier molecular flexibility index (Phi) is 285. The average molecular weight is 328 g/mol. The van der Waals surface area contributed by atoms with Gasteiger partial charge >= 0.3 is 0 Å². The van der Waals surface area contributed by atoms with Gasteiger partial charge in [-0.1, -0.05) is 0 Å². The van der Waals surface area contributed by atoms with Crippen LogP contribution < -0.4 is 0 Å². The van der Waals surface area contributed by atoms with E-state index in [0.29, 0.717) is 0 Å². The summed E-state index contributed by atoms with van der Waals surface area (Å²) in [5.41, 5.74) is 0. The van der Waals surface area contributed by atoms with Gasteiger partial charge < -0.3 is 0 Å². The Balaban J connectivity index is 0. The summed E-state index contributed by atoms with van der Waals surface area (Å²) in [4.78, 5) is 0. The van der Waals surface area contributed by atoms with Gasteiger partial charge in [0.25, 0.3) is 0 Å². The molecule has 0 heterocycles. The zero-order chi connectivity index (χ0) is 0. The molecule has 0 saturated heterocycles. The number of hydrogen-bond acceptors (Lipinski definition) is 0. The van der Waals surface area contributed by atoms with Crippen molar-refractivity contribution in [2.75, 3.05) is 0 Å². The van der Waals surface area contributed by atoms with Gasteiger partial charge in [0.2, 0.25) is 0 Å². The fourth-order valence-electron chi connectivity index (χ4n) is 0. The van der Waals surface area contributed by atoms with Crippen molar-refractivity contribution in [2.45, 2.75) is 0 Å². The molecule has 0 spiro atoms. The fraction of sp³-hybridized carbons (Fsp3) is 0. The summed E-state index contributed by atoms with van der Waals surface area (Å²) < 4.78 is 0. The van der Waals surface area contributed by atoms with Crippen LogP contribution in [-0.2, 0) is 53.6 Å². The van der Waals surface area contributed by atoms with Gasteiger partial charge in [-0.15, -0.1) is 0 Å². The van der Waals surface area contributed by atoms with Gasteiger partial charge in [0, 0.05) is 131 Å². The van der Waals surface area contributed by atoms with Crippen LogP contribution in [0.25, 0.3) is 0 Å². The van der Waals surface area contributed by atoms with E-state index in [0.717, 1.165) is 0 Å². The Morgan fingerprint density at radius 1 is 1.00 bits per heavy atom. The second kappa shape index (κ2) is 35.0. The Morgan fingerprint density at radius 2 is 1.00 bits per heavy atom. The fourth-order valence-corrected chi connectivity index (χ4v) is 0. The molecular formula is CaCuFeMgSeZn. The molecule has 7 radical (unpaired) electrons. The first-order valence-corrected chi connectivity index (χ1v) is 0. The molecule has 0 rings (SSSR count). The van der Waals surface area contributed by atoms with Crippen molar-refractivity contribution in [3.8, 4) is 0 Å². The van der Waals surface area contributed by atoms with E-state index in [4.69, 9.17) is 0 Å². The minimum absolute atomic E-state index is 0. The van der Waals surface area contributed by atoms with Gasteiger partial charge in [0.1, 0.15) is 0 Å². The summed E-state index contributed by atoms with van der Waals surface area (Å²) in [6, 6.07) is 0. The van der Waals surface area contributed by atoms with Gasteiger partial charge in [0.15, 0.2) is 0 Å². The first-order valence-electron chi connectivity index (χ1n) is 0. The number of hydrogen-bond donors (Lipinski definition) is 0. The summed E-state index contributed by atoms with van der Waals surface area (Å²) in [6.07, 6.45) is 0. The second-order valence-electron chi connectivity index (χ2n) is 0. The van der Waals surface area contributed by atoms with Crippen molar-refractivity contribution in [1.29, 1.82) is 0 Å². The molecule has 0 aliphatic carbocycles. The Morgan fingerprint density at radius 3 is 1.00 bits per heavy atom. The van der Waals surface area contributed by atoms with E-state index in [9.17, 15) is 0 Å². The molecule has 0 saturated carbocycles. The molecular weight excluding hydrogens is 328 g/mol. The third-order valence-corrected chi connectivity index (χ3v) is 0. The molecule has 6 heteroatoms. The van der Waals surface area contributed by atoms with Crippen LogP contribution in [0.2, 0.25) is 0 Å². The molecule has 0 aliphatic rings. The van der Waals surface area contributed by atoms with E-state index in [-0.39, 0.29) is 131 Å². The minimum Gasteiger partial charge on any atom is 0 e. The van der Waals surface area contributed by atoms with E-state index < -0.39 is 0 Å². The minimum atomic E-state index is 0.